The van der Waals surface area contributed by atoms with Gasteiger partial charge in [0.1, 0.15) is 24.2 Å². The highest BCUT2D eigenvalue weighted by Gasteiger charge is 2.47. The van der Waals surface area contributed by atoms with Crippen LogP contribution in [0.25, 0.3) is 0 Å². The van der Waals surface area contributed by atoms with Crippen LogP contribution in [0, 0.1) is 16.0 Å². The number of hydrogen-bond donors (Lipinski definition) is 1. The number of non-ortho nitro benzene ring substituents is 1. The Morgan fingerprint density at radius 2 is 1.55 bits per heavy atom. The number of nitrogens with zero attached hydrogens (tertiary/aromatic N) is 2. The second-order valence-corrected chi connectivity index (χ2v) is 10.8. The normalized spacial score (nSPS) is 19.4. The average Bonchev–Trinajstić information content (AvgIpc) is 3.22. The van der Waals surface area contributed by atoms with Gasteiger partial charge in [-0.1, -0.05) is 43.3 Å². The Bertz CT molecular complexity index is 1340. The molecule has 0 fully saturated rings. The van der Waals surface area contributed by atoms with Crippen molar-refractivity contribution in [3.8, 4) is 11.5 Å². The lowest BCUT2D eigenvalue weighted by Crippen LogP contribution is -2.35. The molecule has 3 aromatic carbocycles. The van der Waals surface area contributed by atoms with Crippen molar-refractivity contribution in [3.05, 3.63) is 101 Å². The van der Waals surface area contributed by atoms with E-state index in [0.29, 0.717) is 5.56 Å². The van der Waals surface area contributed by atoms with Gasteiger partial charge in [-0.2, -0.15) is 0 Å². The number of phosphoric ester groups is 1. The summed E-state index contributed by atoms with van der Waals surface area (Å²) in [5.41, 5.74) is 0.300. The minimum Gasteiger partial charge on any atom is -0.456 e. The van der Waals surface area contributed by atoms with E-state index in [4.69, 9.17) is 18.3 Å². The number of nitro benzene ring substituents is 1. The van der Waals surface area contributed by atoms with Crippen molar-refractivity contribution in [3.63, 3.8) is 0 Å². The Labute approximate surface area is 231 Å². The molecule has 0 radical (unpaired) electrons. The smallest absolute Gasteiger partial charge is 0.456 e. The van der Waals surface area contributed by atoms with Gasteiger partial charge < -0.3 is 18.9 Å². The Balaban J connectivity index is 1.58. The number of aliphatic hydroxyl groups excluding tert-OH is 1. The molecule has 11 nitrogen and oxygen atoms in total. The molecule has 4 atom stereocenters. The molecule has 1 heterocycles. The largest absolute Gasteiger partial charge is 0.588 e. The molecule has 210 valence electrons. The van der Waals surface area contributed by atoms with Crippen LogP contribution in [0.5, 0.6) is 11.5 Å². The number of hydrogen-bond acceptors (Lipinski definition) is 10. The molecule has 1 unspecified atom stereocenters. The summed E-state index contributed by atoms with van der Waals surface area (Å²) < 4.78 is 36.9. The summed E-state index contributed by atoms with van der Waals surface area (Å²) in [5, 5.41) is 20.9. The van der Waals surface area contributed by atoms with Crippen LogP contribution in [-0.2, 0) is 25.2 Å². The van der Waals surface area contributed by atoms with Crippen molar-refractivity contribution in [2.24, 2.45) is 10.9 Å². The number of aliphatic hydroxyl groups is 1. The number of aliphatic imine (C=N–C) groups is 1. The van der Waals surface area contributed by atoms with Gasteiger partial charge in [0, 0.05) is 18.1 Å². The number of benzene rings is 3. The molecular formula is C28H29N2O9P. The van der Waals surface area contributed by atoms with Crippen molar-refractivity contribution < 1.29 is 37.7 Å². The summed E-state index contributed by atoms with van der Waals surface area (Å²) >= 11 is 0. The maximum atomic E-state index is 14.0. The van der Waals surface area contributed by atoms with Crippen LogP contribution < -0.4 is 9.05 Å². The molecule has 0 aromatic heterocycles. The summed E-state index contributed by atoms with van der Waals surface area (Å²) in [4.78, 5) is 28.1. The number of phosphoric acid groups is 1. The molecule has 0 spiro atoms. The monoisotopic (exact) mass is 568 g/mol. The van der Waals surface area contributed by atoms with Crippen LogP contribution in [0.4, 0.5) is 5.69 Å². The van der Waals surface area contributed by atoms with Crippen molar-refractivity contribution in [1.82, 2.24) is 0 Å². The SMILES string of the molecule is C[C@@H](O)C[C@@H]1N=C(C(=O)OCc2ccc([N+](=O)[O-])cc2)C(OP(=O)(Oc2ccccc2)Oc2ccccc2)[C@@H]1C. The number of nitro groups is 1. The minimum atomic E-state index is -4.39. The van der Waals surface area contributed by atoms with Gasteiger partial charge in [-0.3, -0.25) is 19.6 Å². The molecule has 4 rings (SSSR count). The standard InChI is InChI=1S/C28H29N2O9P/c1-19(31)17-25-20(2)27(26(29-25)28(32)36-18-21-13-15-22(16-14-21)30(33)34)39-40(35,37-23-9-5-3-6-10-23)38-24-11-7-4-8-12-24/h3-16,19-20,25,27,31H,17-18H2,1-2H3/t19-,20-,25+,27?/m1/s1. The van der Waals surface area contributed by atoms with Gasteiger partial charge in [-0.25, -0.2) is 9.36 Å². The highest BCUT2D eigenvalue weighted by Crippen LogP contribution is 2.52. The van der Waals surface area contributed by atoms with Crippen LogP contribution in [-0.4, -0.2) is 40.0 Å². The topological polar surface area (TPSA) is 147 Å². The predicted molar refractivity (Wildman–Crippen MR) is 146 cm³/mol. The van der Waals surface area contributed by atoms with Crippen molar-refractivity contribution in [1.29, 1.82) is 0 Å². The van der Waals surface area contributed by atoms with Crippen molar-refractivity contribution >= 4 is 25.2 Å². The van der Waals surface area contributed by atoms with Gasteiger partial charge >= 0.3 is 13.8 Å². The van der Waals surface area contributed by atoms with Crippen LogP contribution in [0.2, 0.25) is 0 Å². The molecular weight excluding hydrogens is 539 g/mol. The molecule has 0 saturated heterocycles. The number of ether oxygens (including phenoxy) is 1. The molecule has 0 aliphatic carbocycles. The number of para-hydroxylation sites is 2. The van der Waals surface area contributed by atoms with Crippen LogP contribution in [0.15, 0.2) is 89.9 Å². The quantitative estimate of drug-likeness (QED) is 0.129. The first-order valence-electron chi connectivity index (χ1n) is 12.6. The Morgan fingerprint density at radius 3 is 2.05 bits per heavy atom. The molecule has 0 amide bonds. The van der Waals surface area contributed by atoms with Gasteiger partial charge in [-0.05, 0) is 55.3 Å². The third-order valence-corrected chi connectivity index (χ3v) is 7.49. The van der Waals surface area contributed by atoms with E-state index >= 15 is 0 Å². The van der Waals surface area contributed by atoms with E-state index in [2.05, 4.69) is 4.99 Å². The first kappa shape index (κ1) is 28.9. The number of carbonyl (C=O) groups is 1. The fraction of sp³-hybridized carbons (Fsp3) is 0.286. The summed E-state index contributed by atoms with van der Waals surface area (Å²) in [7, 11) is -4.39. The highest BCUT2D eigenvalue weighted by atomic mass is 31.2. The predicted octanol–water partition coefficient (Wildman–Crippen LogP) is 5.52. The van der Waals surface area contributed by atoms with Crippen LogP contribution in [0.1, 0.15) is 25.8 Å². The molecule has 3 aromatic rings. The van der Waals surface area contributed by atoms with E-state index in [0.717, 1.165) is 0 Å². The molecule has 1 aliphatic rings. The molecule has 12 heteroatoms. The molecule has 0 saturated carbocycles. The van der Waals surface area contributed by atoms with E-state index in [1.54, 1.807) is 74.5 Å². The second kappa shape index (κ2) is 12.9. The van der Waals surface area contributed by atoms with Gasteiger partial charge in [0.2, 0.25) is 0 Å². The van der Waals surface area contributed by atoms with E-state index < -0.39 is 42.9 Å². The number of rotatable bonds is 12. The van der Waals surface area contributed by atoms with Gasteiger partial charge in [0.25, 0.3) is 5.69 Å². The van der Waals surface area contributed by atoms with Gasteiger partial charge in [-0.15, -0.1) is 0 Å². The third kappa shape index (κ3) is 7.53. The van der Waals surface area contributed by atoms with E-state index in [9.17, 15) is 24.6 Å². The Kier molecular flexibility index (Phi) is 9.31. The van der Waals surface area contributed by atoms with E-state index in [-0.39, 0.29) is 35.9 Å². The zero-order valence-electron chi connectivity index (χ0n) is 21.9. The molecule has 1 aliphatic heterocycles. The van der Waals surface area contributed by atoms with Crippen molar-refractivity contribution in [2.75, 3.05) is 0 Å². The first-order chi connectivity index (χ1) is 19.1. The first-order valence-corrected chi connectivity index (χ1v) is 14.0. The number of carbonyl (C=O) groups excluding carboxylic acids is 1. The average molecular weight is 569 g/mol. The maximum absolute atomic E-state index is 14.0. The summed E-state index contributed by atoms with van der Waals surface area (Å²) in [6.45, 7) is 3.18. The summed E-state index contributed by atoms with van der Waals surface area (Å²) in [6, 6.07) is 21.7. The van der Waals surface area contributed by atoms with Crippen molar-refractivity contribution in [2.45, 2.75) is 45.1 Å². The van der Waals surface area contributed by atoms with Crippen LogP contribution in [0.3, 0.4) is 0 Å². The fourth-order valence-electron chi connectivity index (χ4n) is 4.11. The lowest BCUT2D eigenvalue weighted by Gasteiger charge is -2.26. The van der Waals surface area contributed by atoms with E-state index in [1.165, 1.54) is 24.3 Å². The zero-order valence-corrected chi connectivity index (χ0v) is 22.8. The lowest BCUT2D eigenvalue weighted by molar-refractivity contribution is -0.384. The molecule has 1 N–H and O–H groups in total. The minimum absolute atomic E-state index is 0.0916. The maximum Gasteiger partial charge on any atom is 0.588 e. The Hall–Kier alpha value is -4.05. The Morgan fingerprint density at radius 1 is 1.00 bits per heavy atom. The van der Waals surface area contributed by atoms with Gasteiger partial charge in [0.15, 0.2) is 5.71 Å². The van der Waals surface area contributed by atoms with Gasteiger partial charge in [0.05, 0.1) is 17.1 Å². The third-order valence-electron chi connectivity index (χ3n) is 6.13. The second-order valence-electron chi connectivity index (χ2n) is 9.31. The summed E-state index contributed by atoms with van der Waals surface area (Å²) in [5.74, 6) is -0.864. The van der Waals surface area contributed by atoms with Crippen LogP contribution >= 0.6 is 7.82 Å². The zero-order chi connectivity index (χ0) is 28.7. The lowest BCUT2D eigenvalue weighted by atomic mass is 9.94. The number of esters is 1. The molecule has 40 heavy (non-hydrogen) atoms. The highest BCUT2D eigenvalue weighted by molar-refractivity contribution is 7.49. The fourth-order valence-corrected chi connectivity index (χ4v) is 5.56. The van der Waals surface area contributed by atoms with E-state index in [1.807, 2.05) is 0 Å². The molecule has 0 bridgehead atoms. The summed E-state index contributed by atoms with van der Waals surface area (Å²) in [6.07, 6.45) is -1.64.